The van der Waals surface area contributed by atoms with Crippen LogP contribution < -0.4 is 5.32 Å². The van der Waals surface area contributed by atoms with E-state index < -0.39 is 0 Å². The molecule has 6 heteroatoms. The maximum Gasteiger partial charge on any atom is 0.258 e. The Morgan fingerprint density at radius 1 is 1.04 bits per heavy atom. The molecule has 0 fully saturated rings. The zero-order valence-corrected chi connectivity index (χ0v) is 15.9. The Bertz CT molecular complexity index is 1150. The molecule has 0 atom stereocenters. The van der Waals surface area contributed by atoms with Crippen molar-refractivity contribution in [2.45, 2.75) is 6.92 Å². The summed E-state index contributed by atoms with van der Waals surface area (Å²) in [6, 6.07) is 18.4. The second-order valence-corrected chi connectivity index (χ2v) is 7.03. The first kappa shape index (κ1) is 17.6. The summed E-state index contributed by atoms with van der Waals surface area (Å²) in [4.78, 5) is 17.6. The molecule has 134 valence electrons. The summed E-state index contributed by atoms with van der Waals surface area (Å²) in [6.07, 6.45) is 1.93. The number of hydrogen-bond donors (Lipinski definition) is 1. The van der Waals surface area contributed by atoms with Gasteiger partial charge in [-0.2, -0.15) is 0 Å². The van der Waals surface area contributed by atoms with Crippen molar-refractivity contribution < 1.29 is 4.79 Å². The molecule has 0 radical (unpaired) electrons. The van der Waals surface area contributed by atoms with Crippen LogP contribution in [-0.4, -0.2) is 15.3 Å². The largest absolute Gasteiger partial charge is 0.306 e. The van der Waals surface area contributed by atoms with E-state index in [2.05, 4.69) is 5.32 Å². The SMILES string of the molecule is Cc1ccc2nc(-c3ccccc3)c(NC(=O)c3cc(Cl)ccc3Cl)n2c1. The number of nitrogens with one attached hydrogen (secondary N) is 1. The number of aromatic nitrogens is 2. The second-order valence-electron chi connectivity index (χ2n) is 6.19. The predicted molar refractivity (Wildman–Crippen MR) is 110 cm³/mol. The van der Waals surface area contributed by atoms with Crippen molar-refractivity contribution in [3.8, 4) is 11.3 Å². The van der Waals surface area contributed by atoms with Crippen molar-refractivity contribution in [1.29, 1.82) is 0 Å². The normalized spacial score (nSPS) is 10.9. The van der Waals surface area contributed by atoms with Gasteiger partial charge in [0.2, 0.25) is 0 Å². The Balaban J connectivity index is 1.85. The van der Waals surface area contributed by atoms with Crippen LogP contribution in [0.4, 0.5) is 5.82 Å². The van der Waals surface area contributed by atoms with Crippen molar-refractivity contribution >= 4 is 40.6 Å². The number of halogens is 2. The number of nitrogens with zero attached hydrogens (tertiary/aromatic N) is 2. The van der Waals surface area contributed by atoms with Crippen LogP contribution in [0.1, 0.15) is 15.9 Å². The van der Waals surface area contributed by atoms with E-state index in [0.717, 1.165) is 16.8 Å². The van der Waals surface area contributed by atoms with Crippen LogP contribution in [0.15, 0.2) is 66.9 Å². The first-order valence-electron chi connectivity index (χ1n) is 8.33. The van der Waals surface area contributed by atoms with Gasteiger partial charge in [-0.3, -0.25) is 9.20 Å². The van der Waals surface area contributed by atoms with Gasteiger partial charge >= 0.3 is 0 Å². The van der Waals surface area contributed by atoms with Gasteiger partial charge in [-0.1, -0.05) is 59.6 Å². The van der Waals surface area contributed by atoms with Gasteiger partial charge in [-0.15, -0.1) is 0 Å². The van der Waals surface area contributed by atoms with Crippen LogP contribution in [0.25, 0.3) is 16.9 Å². The first-order chi connectivity index (χ1) is 13.0. The average molecular weight is 396 g/mol. The van der Waals surface area contributed by atoms with Gasteiger partial charge in [-0.05, 0) is 36.8 Å². The van der Waals surface area contributed by atoms with E-state index in [4.69, 9.17) is 28.2 Å². The Morgan fingerprint density at radius 3 is 2.59 bits per heavy atom. The van der Waals surface area contributed by atoms with E-state index in [-0.39, 0.29) is 5.91 Å². The van der Waals surface area contributed by atoms with Crippen molar-refractivity contribution in [3.05, 3.63) is 88.0 Å². The number of carbonyl (C=O) groups is 1. The number of carbonyl (C=O) groups excluding carboxylic acids is 1. The maximum atomic E-state index is 12.9. The molecule has 0 aliphatic heterocycles. The van der Waals surface area contributed by atoms with Gasteiger partial charge in [0.05, 0.1) is 10.6 Å². The number of anilines is 1. The van der Waals surface area contributed by atoms with Crippen LogP contribution in [-0.2, 0) is 0 Å². The highest BCUT2D eigenvalue weighted by atomic mass is 35.5. The summed E-state index contributed by atoms with van der Waals surface area (Å²) in [5.41, 5.74) is 3.70. The minimum Gasteiger partial charge on any atom is -0.306 e. The number of rotatable bonds is 3. The van der Waals surface area contributed by atoms with Crippen LogP contribution >= 0.6 is 23.2 Å². The molecule has 2 aromatic carbocycles. The Morgan fingerprint density at radius 2 is 1.81 bits per heavy atom. The van der Waals surface area contributed by atoms with Gasteiger partial charge in [0, 0.05) is 16.8 Å². The highest BCUT2D eigenvalue weighted by Gasteiger charge is 2.19. The van der Waals surface area contributed by atoms with Gasteiger partial charge in [-0.25, -0.2) is 4.98 Å². The highest BCUT2D eigenvalue weighted by Crippen LogP contribution is 2.30. The number of pyridine rings is 1. The predicted octanol–water partition coefficient (Wildman–Crippen LogP) is 5.87. The molecule has 2 heterocycles. The molecular formula is C21H15Cl2N3O. The standard InChI is InChI=1S/C21H15Cl2N3O/c1-13-7-10-18-24-19(14-5-3-2-4-6-14)20(26(18)12-13)25-21(27)16-11-15(22)8-9-17(16)23/h2-12H,1H3,(H,25,27). The molecule has 1 amide bonds. The minimum atomic E-state index is -0.344. The quantitative estimate of drug-likeness (QED) is 0.471. The average Bonchev–Trinajstić information content (AvgIpc) is 3.02. The van der Waals surface area contributed by atoms with E-state index in [0.29, 0.717) is 27.1 Å². The molecular weight excluding hydrogens is 381 g/mol. The van der Waals surface area contributed by atoms with Crippen molar-refractivity contribution in [2.75, 3.05) is 5.32 Å². The fourth-order valence-corrected chi connectivity index (χ4v) is 3.29. The lowest BCUT2D eigenvalue weighted by atomic mass is 10.1. The topological polar surface area (TPSA) is 46.4 Å². The number of aryl methyl sites for hydroxylation is 1. The zero-order chi connectivity index (χ0) is 19.0. The van der Waals surface area contributed by atoms with Gasteiger partial charge in [0.1, 0.15) is 17.2 Å². The molecule has 0 unspecified atom stereocenters. The van der Waals surface area contributed by atoms with Crippen LogP contribution in [0, 0.1) is 6.92 Å². The lowest BCUT2D eigenvalue weighted by Gasteiger charge is -2.10. The molecule has 2 aromatic heterocycles. The summed E-state index contributed by atoms with van der Waals surface area (Å²) in [5, 5.41) is 3.74. The van der Waals surface area contributed by atoms with E-state index in [1.165, 1.54) is 0 Å². The summed E-state index contributed by atoms with van der Waals surface area (Å²) < 4.78 is 1.87. The molecule has 4 aromatic rings. The molecule has 1 N–H and O–H groups in total. The first-order valence-corrected chi connectivity index (χ1v) is 9.09. The van der Waals surface area contributed by atoms with E-state index in [1.54, 1.807) is 18.2 Å². The minimum absolute atomic E-state index is 0.311. The third kappa shape index (κ3) is 3.42. The molecule has 4 nitrogen and oxygen atoms in total. The fourth-order valence-electron chi connectivity index (χ4n) is 2.91. The molecule has 0 saturated carbocycles. The Labute approximate surface area is 166 Å². The number of imidazole rings is 1. The van der Waals surface area contributed by atoms with Crippen LogP contribution in [0.5, 0.6) is 0 Å². The van der Waals surface area contributed by atoms with Gasteiger partial charge < -0.3 is 5.32 Å². The number of hydrogen-bond acceptors (Lipinski definition) is 2. The summed E-state index contributed by atoms with van der Waals surface area (Å²) in [5.74, 6) is 0.240. The van der Waals surface area contributed by atoms with E-state index >= 15 is 0 Å². The molecule has 0 spiro atoms. The third-order valence-electron chi connectivity index (χ3n) is 4.22. The molecule has 0 aliphatic rings. The molecule has 0 saturated heterocycles. The van der Waals surface area contributed by atoms with E-state index in [1.807, 2.05) is 60.0 Å². The highest BCUT2D eigenvalue weighted by molar-refractivity contribution is 6.36. The van der Waals surface area contributed by atoms with Crippen molar-refractivity contribution in [2.24, 2.45) is 0 Å². The number of fused-ring (bicyclic) bond motifs is 1. The molecule has 0 aliphatic carbocycles. The van der Waals surface area contributed by atoms with Crippen LogP contribution in [0.2, 0.25) is 10.0 Å². The summed E-state index contributed by atoms with van der Waals surface area (Å²) >= 11 is 12.2. The zero-order valence-electron chi connectivity index (χ0n) is 14.4. The monoisotopic (exact) mass is 395 g/mol. The third-order valence-corrected chi connectivity index (χ3v) is 4.78. The fraction of sp³-hybridized carbons (Fsp3) is 0.0476. The van der Waals surface area contributed by atoms with Gasteiger partial charge in [0.25, 0.3) is 5.91 Å². The van der Waals surface area contributed by atoms with Crippen molar-refractivity contribution in [3.63, 3.8) is 0 Å². The van der Waals surface area contributed by atoms with Crippen molar-refractivity contribution in [1.82, 2.24) is 9.38 Å². The molecule has 4 rings (SSSR count). The number of amides is 1. The smallest absolute Gasteiger partial charge is 0.258 e. The van der Waals surface area contributed by atoms with E-state index in [9.17, 15) is 4.79 Å². The molecule has 0 bridgehead atoms. The van der Waals surface area contributed by atoms with Crippen LogP contribution in [0.3, 0.4) is 0 Å². The summed E-state index contributed by atoms with van der Waals surface area (Å²) in [6.45, 7) is 1.99. The Hall–Kier alpha value is -2.82. The second kappa shape index (κ2) is 7.06. The lowest BCUT2D eigenvalue weighted by Crippen LogP contribution is -2.14. The number of benzene rings is 2. The molecule has 27 heavy (non-hydrogen) atoms. The maximum absolute atomic E-state index is 12.9. The van der Waals surface area contributed by atoms with Gasteiger partial charge in [0.15, 0.2) is 0 Å². The summed E-state index contributed by atoms with van der Waals surface area (Å²) in [7, 11) is 0. The lowest BCUT2D eigenvalue weighted by molar-refractivity contribution is 0.102. The Kier molecular flexibility index (Phi) is 4.60.